The highest BCUT2D eigenvalue weighted by atomic mass is 16.2. The summed E-state index contributed by atoms with van der Waals surface area (Å²) in [6.07, 6.45) is 3.60. The second-order valence-corrected chi connectivity index (χ2v) is 9.82. The van der Waals surface area contributed by atoms with Gasteiger partial charge in [0.25, 0.3) is 11.8 Å². The summed E-state index contributed by atoms with van der Waals surface area (Å²) < 4.78 is 2.27. The maximum atomic E-state index is 13.8. The molecule has 0 N–H and O–H groups in total. The third kappa shape index (κ3) is 2.89. The zero-order valence-electron chi connectivity index (χ0n) is 20.3. The van der Waals surface area contributed by atoms with E-state index in [-0.39, 0.29) is 11.8 Å². The molecule has 5 aromatic rings. The molecule has 0 bridgehead atoms. The molecule has 7 rings (SSSR count). The number of hydrogen-bond donors (Lipinski definition) is 0. The summed E-state index contributed by atoms with van der Waals surface area (Å²) >= 11 is 0. The minimum atomic E-state index is -0.257. The first kappa shape index (κ1) is 21.2. The molecule has 0 aliphatic carbocycles. The molecular weight excluding hydrogens is 446 g/mol. The monoisotopic (exact) mass is 473 g/mol. The van der Waals surface area contributed by atoms with Crippen molar-refractivity contribution in [3.05, 3.63) is 83.9 Å². The number of amides is 2. The summed E-state index contributed by atoms with van der Waals surface area (Å²) in [5.74, 6) is -0.514. The molecule has 0 atom stereocenters. The molecule has 1 fully saturated rings. The lowest BCUT2D eigenvalue weighted by molar-refractivity contribution is 0.0893. The van der Waals surface area contributed by atoms with Gasteiger partial charge in [0.1, 0.15) is 0 Å². The molecular formula is C31H27N3O2. The fourth-order valence-corrected chi connectivity index (χ4v) is 6.25. The number of hydrogen-bond acceptors (Lipinski definition) is 3. The number of rotatable bonds is 3. The number of nitrogens with zero attached hydrogens (tertiary/aromatic N) is 3. The van der Waals surface area contributed by atoms with Crippen LogP contribution in [0.25, 0.3) is 32.6 Å². The van der Waals surface area contributed by atoms with Crippen molar-refractivity contribution >= 4 is 55.8 Å². The highest BCUT2D eigenvalue weighted by Gasteiger charge is 2.35. The lowest BCUT2D eigenvalue weighted by Gasteiger charge is -2.32. The SMILES string of the molecule is CCn1c2ccccc2c2cc(N3C(=O)c4cccc5c(N6CCCCC6)ccc(c45)C3=O)ccc21. The van der Waals surface area contributed by atoms with Crippen molar-refractivity contribution in [3.63, 3.8) is 0 Å². The minimum absolute atomic E-state index is 0.257. The van der Waals surface area contributed by atoms with Crippen molar-refractivity contribution in [1.82, 2.24) is 4.57 Å². The third-order valence-electron chi connectivity index (χ3n) is 7.91. The minimum Gasteiger partial charge on any atom is -0.371 e. The van der Waals surface area contributed by atoms with Gasteiger partial charge in [0.15, 0.2) is 0 Å². The summed E-state index contributed by atoms with van der Waals surface area (Å²) in [5, 5.41) is 3.96. The normalized spacial score (nSPS) is 16.0. The first-order valence-electron chi connectivity index (χ1n) is 12.9. The van der Waals surface area contributed by atoms with Gasteiger partial charge in [0, 0.05) is 69.0 Å². The van der Waals surface area contributed by atoms with Gasteiger partial charge in [-0.3, -0.25) is 9.59 Å². The topological polar surface area (TPSA) is 45.6 Å². The van der Waals surface area contributed by atoms with E-state index in [4.69, 9.17) is 0 Å². The number of carbonyl (C=O) groups is 2. The summed E-state index contributed by atoms with van der Waals surface area (Å²) in [5.41, 5.74) is 5.18. The number of benzene rings is 4. The summed E-state index contributed by atoms with van der Waals surface area (Å²) in [6.45, 7) is 5.00. The number of imide groups is 1. The Morgan fingerprint density at radius 2 is 1.42 bits per heavy atom. The van der Waals surface area contributed by atoms with Crippen LogP contribution in [-0.2, 0) is 6.54 Å². The van der Waals surface area contributed by atoms with E-state index in [0.29, 0.717) is 16.8 Å². The molecule has 3 heterocycles. The molecule has 36 heavy (non-hydrogen) atoms. The largest absolute Gasteiger partial charge is 0.371 e. The number of aryl methyl sites for hydroxylation is 1. The average Bonchev–Trinajstić information content (AvgIpc) is 3.25. The highest BCUT2D eigenvalue weighted by molar-refractivity contribution is 6.36. The predicted molar refractivity (Wildman–Crippen MR) is 146 cm³/mol. The van der Waals surface area contributed by atoms with E-state index >= 15 is 0 Å². The third-order valence-corrected chi connectivity index (χ3v) is 7.91. The quantitative estimate of drug-likeness (QED) is 0.272. The van der Waals surface area contributed by atoms with Crippen LogP contribution < -0.4 is 9.80 Å². The maximum absolute atomic E-state index is 13.8. The first-order chi connectivity index (χ1) is 17.7. The highest BCUT2D eigenvalue weighted by Crippen LogP contribution is 2.39. The van der Waals surface area contributed by atoms with Crippen LogP contribution in [0.5, 0.6) is 0 Å². The fourth-order valence-electron chi connectivity index (χ4n) is 6.25. The molecule has 1 saturated heterocycles. The van der Waals surface area contributed by atoms with Gasteiger partial charge in [-0.2, -0.15) is 0 Å². The van der Waals surface area contributed by atoms with Crippen molar-refractivity contribution in [2.24, 2.45) is 0 Å². The summed E-state index contributed by atoms with van der Waals surface area (Å²) in [6, 6.07) is 24.0. The molecule has 5 heteroatoms. The molecule has 4 aromatic carbocycles. The molecule has 0 spiro atoms. The lowest BCUT2D eigenvalue weighted by atomic mass is 9.92. The average molecular weight is 474 g/mol. The van der Waals surface area contributed by atoms with Crippen molar-refractivity contribution in [1.29, 1.82) is 0 Å². The molecule has 5 nitrogen and oxygen atoms in total. The van der Waals surface area contributed by atoms with Crippen LogP contribution >= 0.6 is 0 Å². The van der Waals surface area contributed by atoms with Crippen LogP contribution in [0.4, 0.5) is 11.4 Å². The van der Waals surface area contributed by atoms with Gasteiger partial charge in [0.2, 0.25) is 0 Å². The number of carbonyl (C=O) groups excluding carboxylic acids is 2. The Bertz CT molecular complexity index is 1690. The van der Waals surface area contributed by atoms with Gasteiger partial charge in [-0.05, 0) is 68.7 Å². The lowest BCUT2D eigenvalue weighted by Crippen LogP contribution is -2.40. The second-order valence-electron chi connectivity index (χ2n) is 9.82. The zero-order valence-corrected chi connectivity index (χ0v) is 20.3. The van der Waals surface area contributed by atoms with E-state index in [9.17, 15) is 9.59 Å². The van der Waals surface area contributed by atoms with Crippen molar-refractivity contribution < 1.29 is 9.59 Å². The number of piperidine rings is 1. The van der Waals surface area contributed by atoms with Gasteiger partial charge in [0.05, 0.1) is 5.69 Å². The molecule has 2 amide bonds. The van der Waals surface area contributed by atoms with E-state index in [1.165, 1.54) is 24.2 Å². The molecule has 1 aromatic heterocycles. The van der Waals surface area contributed by atoms with Gasteiger partial charge >= 0.3 is 0 Å². The Hall–Kier alpha value is -4.12. The van der Waals surface area contributed by atoms with Crippen LogP contribution in [0.2, 0.25) is 0 Å². The van der Waals surface area contributed by atoms with Crippen molar-refractivity contribution in [2.45, 2.75) is 32.7 Å². The Morgan fingerprint density at radius 1 is 0.694 bits per heavy atom. The molecule has 2 aliphatic heterocycles. The fraction of sp³-hybridized carbons (Fsp3) is 0.226. The van der Waals surface area contributed by atoms with Crippen molar-refractivity contribution in [2.75, 3.05) is 22.9 Å². The number of aromatic nitrogens is 1. The van der Waals surface area contributed by atoms with Crippen LogP contribution in [0.15, 0.2) is 72.8 Å². The van der Waals surface area contributed by atoms with E-state index in [0.717, 1.165) is 57.9 Å². The summed E-state index contributed by atoms with van der Waals surface area (Å²) in [7, 11) is 0. The van der Waals surface area contributed by atoms with Gasteiger partial charge in [-0.25, -0.2) is 4.90 Å². The standard InChI is InChI=1S/C31H27N3O2/c1-2-33-27-12-5-4-9-21(27)25-19-20(13-15-28(25)33)34-30(35)23-11-8-10-22-26(32-17-6-3-7-18-32)16-14-24(29(22)23)31(34)36/h4-5,8-16,19H,2-3,6-7,17-18H2,1H3. The molecule has 178 valence electrons. The van der Waals surface area contributed by atoms with Gasteiger partial charge in [-0.15, -0.1) is 0 Å². The van der Waals surface area contributed by atoms with Crippen LogP contribution in [0, 0.1) is 0 Å². The Morgan fingerprint density at radius 3 is 2.22 bits per heavy atom. The van der Waals surface area contributed by atoms with Crippen LogP contribution in [0.3, 0.4) is 0 Å². The van der Waals surface area contributed by atoms with E-state index in [2.05, 4.69) is 34.6 Å². The van der Waals surface area contributed by atoms with Gasteiger partial charge < -0.3 is 9.47 Å². The Labute approximate surface area is 209 Å². The van der Waals surface area contributed by atoms with Crippen LogP contribution in [0.1, 0.15) is 46.9 Å². The van der Waals surface area contributed by atoms with Gasteiger partial charge in [-0.1, -0.05) is 30.3 Å². The smallest absolute Gasteiger partial charge is 0.265 e. The Balaban J connectivity index is 1.39. The molecule has 2 aliphatic rings. The van der Waals surface area contributed by atoms with Crippen LogP contribution in [-0.4, -0.2) is 29.5 Å². The summed E-state index contributed by atoms with van der Waals surface area (Å²) in [4.78, 5) is 31.4. The Kier molecular flexibility index (Phi) is 4.68. The number of para-hydroxylation sites is 1. The maximum Gasteiger partial charge on any atom is 0.265 e. The van der Waals surface area contributed by atoms with Crippen molar-refractivity contribution in [3.8, 4) is 0 Å². The number of anilines is 2. The predicted octanol–water partition coefficient (Wildman–Crippen LogP) is 6.76. The number of fused-ring (bicyclic) bond motifs is 3. The van der Waals surface area contributed by atoms with E-state index in [1.807, 2.05) is 54.6 Å². The second kappa shape index (κ2) is 7.95. The first-order valence-corrected chi connectivity index (χ1v) is 12.9. The zero-order chi connectivity index (χ0) is 24.4. The molecule has 0 saturated carbocycles. The molecule has 0 unspecified atom stereocenters. The van der Waals surface area contributed by atoms with E-state index in [1.54, 1.807) is 0 Å². The molecule has 0 radical (unpaired) electrons. The van der Waals surface area contributed by atoms with E-state index < -0.39 is 0 Å².